The Bertz CT molecular complexity index is 5420. The number of amides is 1. The van der Waals surface area contributed by atoms with Crippen LogP contribution in [0, 0.1) is 0 Å². The van der Waals surface area contributed by atoms with Crippen molar-refractivity contribution in [2.45, 2.75) is 136 Å². The molecule has 1 unspecified atom stereocenters. The van der Waals surface area contributed by atoms with Crippen LogP contribution in [0.15, 0.2) is 194 Å². The van der Waals surface area contributed by atoms with E-state index < -0.39 is 79.0 Å². The molecule has 4 heterocycles. The van der Waals surface area contributed by atoms with E-state index in [1.165, 1.54) is 62.9 Å². The van der Waals surface area contributed by atoms with E-state index in [2.05, 4.69) is 87.6 Å². The molecule has 28 nitrogen and oxygen atoms in total. The first-order valence-corrected chi connectivity index (χ1v) is 41.3. The Labute approximate surface area is 716 Å². The summed E-state index contributed by atoms with van der Waals surface area (Å²) in [5.74, 6) is 2.02. The van der Waals surface area contributed by atoms with Gasteiger partial charge in [-0.25, -0.2) is 17.9 Å². The monoisotopic (exact) mass is 1820 g/mol. The molecule has 0 bridgehead atoms. The average Bonchev–Trinajstić information content (AvgIpc) is 1.46. The predicted octanol–water partition coefficient (Wildman–Crippen LogP) is 15.9. The standard InChI is InChI=1S/C22H24F3N5O2.C18H18F3N5O2S.C17H16F3N5.C15H11F3N4.C8H15ClO2.ClHO2S.H3N/c1-21(2,3)32-20(31)26-12-13-30-28-19(27-29-30)18-7-5-4-6-16(18)14-15-8-10-17(11-9-15)22(23,24)25;1-29(27,28)22-10-11-26-24-17(23-25-26)16-5-3-2-4-14(16)12-13-6-8-15(9-7-13)18(19,20)21;18-17(19,20)14-7-5-12(6-8-14)11-13-3-1-2-4-15(13)16-22-24-25(23-16)10-9-21;16-15(17,18)12-7-5-10(6-8-12)9-11-3-1-2-4-13(11)14-19-21-22-20-14;1-8(2,3)11-7(10)5-4-6-9;1-4(2)3;/h4-11H,12-14H2,1-3H3,(H,26,31);2-9,22H,10-12H2,1H3;1-8H,9-11,21H2;1-8H,9H2,(H,19,20,21,22);4-6H2,1-3H3;(H,2,3);1H3/p-1. The normalized spacial score (nSPS) is 11.9. The molecule has 0 aliphatic heterocycles. The van der Waals surface area contributed by atoms with Gasteiger partial charge in [-0.05, 0) is 198 Å². The zero-order valence-corrected chi connectivity index (χ0v) is 70.7. The maximum Gasteiger partial charge on any atom is 0.416 e. The Morgan fingerprint density at radius 1 is 0.476 bits per heavy atom. The van der Waals surface area contributed by atoms with E-state index in [0.29, 0.717) is 92.9 Å². The SMILES string of the molecule is CC(C)(C)OC(=O)CCCCl.CC(C)(C)OC(=O)NCCn1nnc(-c2ccccc2Cc2ccc(C(F)(F)F)cc2)n1.CS(=O)(=O)NCCn1nnc(-c2ccccc2Cc2ccc(C(F)(F)F)cc2)n1.FC(F)(F)c1ccc(Cc2ccccc2-c2nn[nH]n2)cc1.N.NCCn1nnc(-c2ccccc2Cc2ccc(C(F)(F)F)cc2)n1.O=S([O-])Cl. The van der Waals surface area contributed by atoms with Gasteiger partial charge in [-0.1, -0.05) is 146 Å². The number of esters is 1. The first-order chi connectivity index (χ1) is 57.8. The van der Waals surface area contributed by atoms with Crippen LogP contribution in [-0.2, 0) is 105 Å². The number of carbonyl (C=O) groups excluding carboxylic acids is 2. The highest BCUT2D eigenvalue weighted by atomic mass is 35.7. The van der Waals surface area contributed by atoms with Gasteiger partial charge in [0.2, 0.25) is 33.3 Å². The van der Waals surface area contributed by atoms with E-state index in [9.17, 15) is 70.7 Å². The van der Waals surface area contributed by atoms with Crippen molar-refractivity contribution in [1.29, 1.82) is 0 Å². The summed E-state index contributed by atoms with van der Waals surface area (Å²) < 4.78 is 205. The van der Waals surface area contributed by atoms with Gasteiger partial charge in [0, 0.05) is 64.5 Å². The molecule has 0 saturated heterocycles. The second-order valence-electron chi connectivity index (χ2n) is 28.4. The molecule has 1 amide bonds. The number of H-pyrrole nitrogens is 1. The number of alkyl halides is 13. The van der Waals surface area contributed by atoms with Crippen molar-refractivity contribution in [3.05, 3.63) is 261 Å². The van der Waals surface area contributed by atoms with Crippen LogP contribution in [0.3, 0.4) is 0 Å². The minimum atomic E-state index is -4.37. The van der Waals surface area contributed by atoms with Gasteiger partial charge in [-0.3, -0.25) is 9.00 Å². The molecule has 4 aromatic heterocycles. The van der Waals surface area contributed by atoms with Crippen molar-refractivity contribution < 1.29 is 88.9 Å². The van der Waals surface area contributed by atoms with Crippen molar-refractivity contribution in [2.24, 2.45) is 5.73 Å². The Morgan fingerprint density at radius 3 is 1.05 bits per heavy atom. The first kappa shape index (κ1) is 101. The van der Waals surface area contributed by atoms with Crippen LogP contribution >= 0.6 is 22.3 Å². The van der Waals surface area contributed by atoms with E-state index in [1.807, 2.05) is 106 Å². The number of alkyl carbamates (subject to hydrolysis) is 1. The summed E-state index contributed by atoms with van der Waals surface area (Å²) >= 11 is 5.41. The molecule has 12 aromatic rings. The third kappa shape index (κ3) is 35.7. The van der Waals surface area contributed by atoms with Gasteiger partial charge >= 0.3 is 36.8 Å². The number of ether oxygens (including phenoxy) is 2. The summed E-state index contributed by atoms with van der Waals surface area (Å²) in [7, 11) is -1.50. The first-order valence-electron chi connectivity index (χ1n) is 37.0. The van der Waals surface area contributed by atoms with Crippen LogP contribution in [0.2, 0.25) is 0 Å². The molecule has 0 fully saturated rings. The molecule has 44 heteroatoms. The zero-order valence-electron chi connectivity index (χ0n) is 67.5. The largest absolute Gasteiger partial charge is 0.760 e. The molecular formula is C80H87Cl2F12N20O8S2-. The number of tetrazole rings is 4. The van der Waals surface area contributed by atoms with Gasteiger partial charge in [0.1, 0.15) is 11.2 Å². The molecule has 0 aliphatic carbocycles. The third-order valence-corrected chi connectivity index (χ3v) is 17.4. The fraction of sp³-hybridized carbons (Fsp3) is 0.325. The molecule has 8 N–H and O–H groups in total. The van der Waals surface area contributed by atoms with Gasteiger partial charge in [0.05, 0.1) is 48.1 Å². The summed E-state index contributed by atoms with van der Waals surface area (Å²) in [6.07, 6.45) is -14.0. The van der Waals surface area contributed by atoms with Crippen molar-refractivity contribution in [3.63, 3.8) is 0 Å². The number of nitrogens with one attached hydrogen (secondary N) is 3. The number of rotatable bonds is 24. The van der Waals surface area contributed by atoms with Crippen LogP contribution in [0.25, 0.3) is 45.6 Å². The topological polar surface area (TPSA) is 397 Å². The predicted molar refractivity (Wildman–Crippen MR) is 438 cm³/mol. The summed E-state index contributed by atoms with van der Waals surface area (Å²) in [6, 6.07) is 50.0. The Hall–Kier alpha value is -11.5. The highest BCUT2D eigenvalue weighted by molar-refractivity contribution is 8.03. The molecule has 0 aliphatic rings. The van der Waals surface area contributed by atoms with Crippen LogP contribution in [0.1, 0.15) is 121 Å². The van der Waals surface area contributed by atoms with Crippen molar-refractivity contribution in [1.82, 2.24) is 97.4 Å². The van der Waals surface area contributed by atoms with Crippen LogP contribution in [0.4, 0.5) is 57.5 Å². The lowest BCUT2D eigenvalue weighted by molar-refractivity contribution is -0.155. The molecule has 666 valence electrons. The van der Waals surface area contributed by atoms with E-state index in [0.717, 1.165) is 116 Å². The van der Waals surface area contributed by atoms with Gasteiger partial charge in [-0.15, -0.1) is 52.4 Å². The number of aromatic nitrogens is 16. The van der Waals surface area contributed by atoms with E-state index in [1.54, 1.807) is 32.9 Å². The highest BCUT2D eigenvalue weighted by Crippen LogP contribution is 2.35. The minimum Gasteiger partial charge on any atom is -0.760 e. The molecular weight excluding hydrogens is 1730 g/mol. The zero-order chi connectivity index (χ0) is 90.4. The molecule has 0 saturated carbocycles. The molecule has 124 heavy (non-hydrogen) atoms. The van der Waals surface area contributed by atoms with Crippen molar-refractivity contribution >= 4 is 54.7 Å². The van der Waals surface area contributed by atoms with Crippen molar-refractivity contribution in [2.75, 3.05) is 31.8 Å². The van der Waals surface area contributed by atoms with Gasteiger partial charge in [-0.2, -0.15) is 72.3 Å². The lowest BCUT2D eigenvalue weighted by Gasteiger charge is -2.19. The lowest BCUT2D eigenvalue weighted by atomic mass is 9.98. The maximum absolute atomic E-state index is 12.8. The summed E-state index contributed by atoms with van der Waals surface area (Å²) in [5, 5.41) is 53.3. The third-order valence-electron chi connectivity index (χ3n) is 16.4. The van der Waals surface area contributed by atoms with Crippen LogP contribution < -0.4 is 21.9 Å². The fourth-order valence-corrected chi connectivity index (χ4v) is 11.5. The number of benzene rings is 8. The number of nitrogens with two attached hydrogens (primary N) is 1. The Balaban J connectivity index is 0.000000243. The fourth-order valence-electron chi connectivity index (χ4n) is 10.9. The number of halogens is 14. The number of hydrogen-bond acceptors (Lipinski definition) is 22. The summed E-state index contributed by atoms with van der Waals surface area (Å²) in [6.45, 7) is 12.7. The smallest absolute Gasteiger partial charge is 0.416 e. The van der Waals surface area contributed by atoms with Crippen LogP contribution in [-0.4, -0.2) is 153 Å². The van der Waals surface area contributed by atoms with E-state index >= 15 is 0 Å². The lowest BCUT2D eigenvalue weighted by Crippen LogP contribution is -2.34. The minimum absolute atomic E-state index is 0. The summed E-state index contributed by atoms with van der Waals surface area (Å²) in [5.41, 5.74) is 11.4. The average molecular weight is 1820 g/mol. The second-order valence-corrected chi connectivity index (χ2v) is 31.8. The molecule has 1 atom stereocenters. The van der Waals surface area contributed by atoms with Gasteiger partial charge in [0.25, 0.3) is 0 Å². The Morgan fingerprint density at radius 2 is 0.774 bits per heavy atom. The number of nitrogens with zero attached hydrogens (tertiary/aromatic N) is 15. The highest BCUT2D eigenvalue weighted by Gasteiger charge is 2.33. The number of hydrogen-bond donors (Lipinski definition) is 5. The van der Waals surface area contributed by atoms with E-state index in [4.69, 9.17) is 35.6 Å². The molecule has 0 spiro atoms. The van der Waals surface area contributed by atoms with Crippen LogP contribution in [0.5, 0.6) is 0 Å². The maximum atomic E-state index is 12.8. The van der Waals surface area contributed by atoms with Crippen molar-refractivity contribution in [3.8, 4) is 45.6 Å². The number of aromatic amines is 1. The Kier molecular flexibility index (Phi) is 38.2. The molecule has 0 radical (unpaired) electrons. The second kappa shape index (κ2) is 46.8. The summed E-state index contributed by atoms with van der Waals surface area (Å²) in [4.78, 5) is 26.7. The molecule has 8 aromatic carbocycles. The number of carbonyl (C=O) groups is 2. The van der Waals surface area contributed by atoms with E-state index in [-0.39, 0.29) is 37.4 Å². The quantitative estimate of drug-likeness (QED) is 0.0123. The van der Waals surface area contributed by atoms with Gasteiger partial charge in [0.15, 0.2) is 0 Å². The number of sulfonamides is 1. The molecule has 12 rings (SSSR count). The van der Waals surface area contributed by atoms with Gasteiger partial charge < -0.3 is 31.2 Å².